The normalized spacial score (nSPS) is 12.8. The number of benzene rings is 8. The number of hydrogen-bond acceptors (Lipinski definition) is 3. The standard InChI is InChI=1S/C51H32N4/c52-33-35-16-15-23-41(44(35)34-53)36-30-39(54-47-26-11-7-21-42(47)43-22-8-12-27-48(43)54)32-40(31-36)55-49-28-13-9-24-45(49)51(37-17-3-1-4-18-37,38-19-5-2-6-20-38)46-25-10-14-29-50(46)55/h1-32H. The van der Waals surface area contributed by atoms with Crippen LogP contribution in [0, 0.1) is 22.7 Å². The molecule has 1 aliphatic rings. The van der Waals surface area contributed by atoms with Crippen LogP contribution in [0.15, 0.2) is 194 Å². The summed E-state index contributed by atoms with van der Waals surface area (Å²) in [5, 5.41) is 22.9. The molecular weight excluding hydrogens is 669 g/mol. The first kappa shape index (κ1) is 32.0. The molecule has 0 unspecified atom stereocenters. The Hall–Kier alpha value is -7.66. The van der Waals surface area contributed by atoms with Crippen LogP contribution in [0.3, 0.4) is 0 Å². The number of aromatic nitrogens is 1. The van der Waals surface area contributed by atoms with E-state index >= 15 is 0 Å². The first-order valence-electron chi connectivity index (χ1n) is 18.4. The quantitative estimate of drug-likeness (QED) is 0.180. The SMILES string of the molecule is N#Cc1cccc(-c2cc(N3c4ccccc4C(c4ccccc4)(c4ccccc4)c4ccccc43)cc(-n3c4ccccc4c4ccccc43)c2)c1C#N. The van der Waals surface area contributed by atoms with Crippen LogP contribution in [0.4, 0.5) is 17.1 Å². The molecule has 0 amide bonds. The van der Waals surface area contributed by atoms with E-state index in [4.69, 9.17) is 0 Å². The van der Waals surface area contributed by atoms with Gasteiger partial charge in [-0.15, -0.1) is 0 Å². The van der Waals surface area contributed by atoms with E-state index in [9.17, 15) is 10.5 Å². The number of nitriles is 2. The van der Waals surface area contributed by atoms with Crippen LogP contribution < -0.4 is 4.90 Å². The number of fused-ring (bicyclic) bond motifs is 5. The van der Waals surface area contributed by atoms with Gasteiger partial charge in [-0.3, -0.25) is 0 Å². The molecule has 1 aromatic heterocycles. The van der Waals surface area contributed by atoms with Crippen LogP contribution in [-0.4, -0.2) is 4.57 Å². The second kappa shape index (κ2) is 12.8. The number of nitrogens with zero attached hydrogens (tertiary/aromatic N) is 4. The molecule has 0 radical (unpaired) electrons. The van der Waals surface area contributed by atoms with Gasteiger partial charge in [0.15, 0.2) is 0 Å². The Morgan fingerprint density at radius 1 is 0.436 bits per heavy atom. The van der Waals surface area contributed by atoms with Gasteiger partial charge in [-0.2, -0.15) is 10.5 Å². The van der Waals surface area contributed by atoms with Gasteiger partial charge in [-0.25, -0.2) is 0 Å². The molecule has 8 aromatic carbocycles. The Bertz CT molecular complexity index is 2880. The summed E-state index contributed by atoms with van der Waals surface area (Å²) in [5.41, 5.74) is 12.6. The third-order valence-corrected chi connectivity index (χ3v) is 11.1. The highest BCUT2D eigenvalue weighted by Crippen LogP contribution is 2.58. The summed E-state index contributed by atoms with van der Waals surface area (Å²) in [6, 6.07) is 72.8. The highest BCUT2D eigenvalue weighted by Gasteiger charge is 2.46. The first-order valence-corrected chi connectivity index (χ1v) is 18.4. The van der Waals surface area contributed by atoms with E-state index in [0.29, 0.717) is 16.7 Å². The molecule has 9 aromatic rings. The molecule has 0 fully saturated rings. The fourth-order valence-electron chi connectivity index (χ4n) is 8.91. The van der Waals surface area contributed by atoms with Crippen molar-refractivity contribution in [2.45, 2.75) is 5.41 Å². The molecule has 4 nitrogen and oxygen atoms in total. The van der Waals surface area contributed by atoms with Crippen molar-refractivity contribution in [1.29, 1.82) is 10.5 Å². The van der Waals surface area contributed by atoms with Crippen molar-refractivity contribution < 1.29 is 0 Å². The van der Waals surface area contributed by atoms with Crippen LogP contribution in [0.2, 0.25) is 0 Å². The third kappa shape index (κ3) is 4.76. The average molecular weight is 701 g/mol. The summed E-state index contributed by atoms with van der Waals surface area (Å²) in [6.45, 7) is 0. The van der Waals surface area contributed by atoms with E-state index in [1.807, 2.05) is 12.1 Å². The minimum atomic E-state index is -0.603. The highest BCUT2D eigenvalue weighted by molar-refractivity contribution is 6.09. The van der Waals surface area contributed by atoms with Crippen molar-refractivity contribution in [3.05, 3.63) is 228 Å². The summed E-state index contributed by atoms with van der Waals surface area (Å²) in [5.74, 6) is 0. The van der Waals surface area contributed by atoms with Crippen molar-refractivity contribution >= 4 is 38.9 Å². The van der Waals surface area contributed by atoms with Crippen LogP contribution in [0.1, 0.15) is 33.4 Å². The Morgan fingerprint density at radius 2 is 0.945 bits per heavy atom. The second-order valence-electron chi connectivity index (χ2n) is 13.9. The summed E-state index contributed by atoms with van der Waals surface area (Å²) in [4.78, 5) is 2.37. The van der Waals surface area contributed by atoms with Crippen LogP contribution in [-0.2, 0) is 5.41 Å². The van der Waals surface area contributed by atoms with E-state index in [2.05, 4.69) is 198 Å². The third-order valence-electron chi connectivity index (χ3n) is 11.1. The van der Waals surface area contributed by atoms with Crippen molar-refractivity contribution in [2.75, 3.05) is 4.90 Å². The van der Waals surface area contributed by atoms with Crippen molar-refractivity contribution in [2.24, 2.45) is 0 Å². The zero-order chi connectivity index (χ0) is 36.9. The van der Waals surface area contributed by atoms with E-state index in [1.165, 1.54) is 33.0 Å². The van der Waals surface area contributed by atoms with Crippen molar-refractivity contribution in [3.8, 4) is 29.0 Å². The van der Waals surface area contributed by atoms with E-state index in [0.717, 1.165) is 39.3 Å². The van der Waals surface area contributed by atoms with Crippen LogP contribution in [0.25, 0.3) is 38.6 Å². The molecule has 0 atom stereocenters. The van der Waals surface area contributed by atoms with E-state index in [-0.39, 0.29) is 0 Å². The molecule has 4 heteroatoms. The minimum Gasteiger partial charge on any atom is -0.310 e. The fraction of sp³-hybridized carbons (Fsp3) is 0.0196. The first-order chi connectivity index (χ1) is 27.2. The Balaban J connectivity index is 1.32. The zero-order valence-corrected chi connectivity index (χ0v) is 29.8. The lowest BCUT2D eigenvalue weighted by Gasteiger charge is -2.46. The topological polar surface area (TPSA) is 55.8 Å². The Morgan fingerprint density at radius 3 is 1.51 bits per heavy atom. The molecule has 2 heterocycles. The van der Waals surface area contributed by atoms with Gasteiger partial charge in [-0.1, -0.05) is 146 Å². The molecule has 1 aliphatic heterocycles. The van der Waals surface area contributed by atoms with Crippen molar-refractivity contribution in [1.82, 2.24) is 4.57 Å². The van der Waals surface area contributed by atoms with Gasteiger partial charge >= 0.3 is 0 Å². The summed E-state index contributed by atoms with van der Waals surface area (Å²) in [7, 11) is 0. The number of para-hydroxylation sites is 4. The molecule has 0 bridgehead atoms. The van der Waals surface area contributed by atoms with Gasteiger partial charge in [0.25, 0.3) is 0 Å². The van der Waals surface area contributed by atoms with Gasteiger partial charge < -0.3 is 9.47 Å². The number of anilines is 3. The highest BCUT2D eigenvalue weighted by atomic mass is 15.2. The van der Waals surface area contributed by atoms with Gasteiger partial charge in [0.2, 0.25) is 0 Å². The molecule has 0 aliphatic carbocycles. The van der Waals surface area contributed by atoms with E-state index in [1.54, 1.807) is 6.07 Å². The maximum atomic E-state index is 10.5. The predicted octanol–water partition coefficient (Wildman–Crippen LogP) is 12.4. The molecule has 0 spiro atoms. The number of rotatable bonds is 5. The average Bonchev–Trinajstić information content (AvgIpc) is 3.60. The largest absolute Gasteiger partial charge is 0.310 e. The van der Waals surface area contributed by atoms with Gasteiger partial charge in [0, 0.05) is 27.7 Å². The predicted molar refractivity (Wildman–Crippen MR) is 222 cm³/mol. The van der Waals surface area contributed by atoms with Gasteiger partial charge in [-0.05, 0) is 76.3 Å². The Kier molecular flexibility index (Phi) is 7.44. The van der Waals surface area contributed by atoms with Gasteiger partial charge in [0.1, 0.15) is 12.1 Å². The van der Waals surface area contributed by atoms with E-state index < -0.39 is 5.41 Å². The van der Waals surface area contributed by atoms with Gasteiger partial charge in [0.05, 0.1) is 39.0 Å². The fourth-order valence-corrected chi connectivity index (χ4v) is 8.91. The molecule has 0 saturated carbocycles. The summed E-state index contributed by atoms with van der Waals surface area (Å²) >= 11 is 0. The molecule has 256 valence electrons. The second-order valence-corrected chi connectivity index (χ2v) is 13.9. The molecule has 10 rings (SSSR count). The monoisotopic (exact) mass is 700 g/mol. The lowest BCUT2D eigenvalue weighted by molar-refractivity contribution is 0.731. The molecular formula is C51H32N4. The summed E-state index contributed by atoms with van der Waals surface area (Å²) in [6.07, 6.45) is 0. The molecule has 0 saturated heterocycles. The molecule has 55 heavy (non-hydrogen) atoms. The maximum absolute atomic E-state index is 10.5. The lowest BCUT2D eigenvalue weighted by Crippen LogP contribution is -2.37. The Labute approximate surface area is 319 Å². The number of hydrogen-bond donors (Lipinski definition) is 0. The summed E-state index contributed by atoms with van der Waals surface area (Å²) < 4.78 is 2.32. The maximum Gasteiger partial charge on any atom is 0.101 e. The van der Waals surface area contributed by atoms with Crippen molar-refractivity contribution in [3.63, 3.8) is 0 Å². The van der Waals surface area contributed by atoms with Crippen LogP contribution in [0.5, 0.6) is 0 Å². The zero-order valence-electron chi connectivity index (χ0n) is 29.8. The smallest absolute Gasteiger partial charge is 0.101 e. The van der Waals surface area contributed by atoms with Crippen LogP contribution >= 0.6 is 0 Å². The molecule has 0 N–H and O–H groups in total. The lowest BCUT2D eigenvalue weighted by atomic mass is 9.62. The minimum absolute atomic E-state index is 0.355.